The van der Waals surface area contributed by atoms with Gasteiger partial charge in [-0.2, -0.15) is 0 Å². The zero-order chi connectivity index (χ0) is 21.0. The Hall–Kier alpha value is -2.38. The Bertz CT molecular complexity index is 1020. The number of aliphatic carboxylic acids is 1. The van der Waals surface area contributed by atoms with Crippen LogP contribution in [0, 0.1) is 5.92 Å². The van der Waals surface area contributed by atoms with Gasteiger partial charge in [0.1, 0.15) is 11.5 Å². The highest BCUT2D eigenvalue weighted by Crippen LogP contribution is 2.27. The van der Waals surface area contributed by atoms with Gasteiger partial charge in [-0.15, -0.1) is 24.8 Å². The number of rotatable bonds is 8. The summed E-state index contributed by atoms with van der Waals surface area (Å²) in [6.45, 7) is 3.86. The van der Waals surface area contributed by atoms with E-state index in [1.807, 2.05) is 56.3 Å². The highest BCUT2D eigenvalue weighted by atomic mass is 35.5. The van der Waals surface area contributed by atoms with E-state index in [1.54, 1.807) is 12.1 Å². The number of aromatic nitrogens is 1. The summed E-state index contributed by atoms with van der Waals surface area (Å²) in [4.78, 5) is 16.0. The van der Waals surface area contributed by atoms with Crippen LogP contribution < -0.4 is 10.5 Å². The van der Waals surface area contributed by atoms with Crippen LogP contribution in [0.3, 0.4) is 0 Å². The fourth-order valence-electron chi connectivity index (χ4n) is 3.33. The second-order valence-corrected chi connectivity index (χ2v) is 7.74. The van der Waals surface area contributed by atoms with Crippen LogP contribution in [0.15, 0.2) is 60.8 Å². The van der Waals surface area contributed by atoms with Crippen molar-refractivity contribution >= 4 is 41.6 Å². The number of carboxylic acids is 1. The monoisotopic (exact) mass is 466 g/mol. The van der Waals surface area contributed by atoms with Crippen molar-refractivity contribution in [3.05, 3.63) is 66.5 Å². The largest absolute Gasteiger partial charge is 0.479 e. The molecule has 8 heteroatoms. The van der Waals surface area contributed by atoms with Gasteiger partial charge >= 0.3 is 5.97 Å². The molecule has 31 heavy (non-hydrogen) atoms. The number of nitrogens with two attached hydrogens (primary N) is 1. The summed E-state index contributed by atoms with van der Waals surface area (Å²) < 4.78 is 5.93. The lowest BCUT2D eigenvalue weighted by atomic mass is 9.84. The molecule has 4 N–H and O–H groups in total. The summed E-state index contributed by atoms with van der Waals surface area (Å²) in [5, 5.41) is 22.5. The lowest BCUT2D eigenvalue weighted by molar-refractivity contribution is -0.161. The van der Waals surface area contributed by atoms with Gasteiger partial charge in [0.25, 0.3) is 0 Å². The molecule has 2 aromatic carbocycles. The van der Waals surface area contributed by atoms with E-state index < -0.39 is 17.6 Å². The zero-order valence-electron chi connectivity index (χ0n) is 17.4. The molecule has 3 rings (SSSR count). The summed E-state index contributed by atoms with van der Waals surface area (Å²) in [7, 11) is 0. The number of pyridine rings is 1. The molecule has 2 unspecified atom stereocenters. The van der Waals surface area contributed by atoms with Crippen LogP contribution >= 0.6 is 24.8 Å². The van der Waals surface area contributed by atoms with Gasteiger partial charge in [-0.05, 0) is 41.3 Å². The van der Waals surface area contributed by atoms with E-state index in [9.17, 15) is 15.0 Å². The van der Waals surface area contributed by atoms with Crippen molar-refractivity contribution in [3.8, 4) is 11.5 Å². The summed E-state index contributed by atoms with van der Waals surface area (Å²) in [6, 6.07) is 16.1. The van der Waals surface area contributed by atoms with Gasteiger partial charge in [0.15, 0.2) is 5.60 Å². The number of ether oxygens (including phenoxy) is 1. The van der Waals surface area contributed by atoms with Crippen LogP contribution in [-0.2, 0) is 11.2 Å². The van der Waals surface area contributed by atoms with Gasteiger partial charge in [0.05, 0.1) is 0 Å². The van der Waals surface area contributed by atoms with Gasteiger partial charge in [-0.25, -0.2) is 4.79 Å². The molecule has 168 valence electrons. The van der Waals surface area contributed by atoms with E-state index in [0.717, 1.165) is 10.8 Å². The number of benzene rings is 2. The topological polar surface area (TPSA) is 106 Å². The number of halogens is 2. The van der Waals surface area contributed by atoms with Gasteiger partial charge in [0.2, 0.25) is 0 Å². The van der Waals surface area contributed by atoms with Gasteiger partial charge in [-0.1, -0.05) is 44.2 Å². The molecule has 0 aliphatic heterocycles. The summed E-state index contributed by atoms with van der Waals surface area (Å²) >= 11 is 0. The minimum Gasteiger partial charge on any atom is -0.479 e. The fourth-order valence-corrected chi connectivity index (χ4v) is 3.33. The average molecular weight is 467 g/mol. The Balaban J connectivity index is 0.00000240. The van der Waals surface area contributed by atoms with Gasteiger partial charge in [0, 0.05) is 30.4 Å². The van der Waals surface area contributed by atoms with E-state index in [0.29, 0.717) is 23.6 Å². The Labute approximate surface area is 194 Å². The molecule has 3 aromatic rings. The number of hydrogen-bond donors (Lipinski definition) is 3. The molecule has 2 atom stereocenters. The number of carbonyl (C=O) groups is 1. The molecule has 0 radical (unpaired) electrons. The van der Waals surface area contributed by atoms with Crippen molar-refractivity contribution in [2.45, 2.75) is 38.3 Å². The summed E-state index contributed by atoms with van der Waals surface area (Å²) in [5.41, 5.74) is 4.32. The first kappa shape index (κ1) is 26.7. The summed E-state index contributed by atoms with van der Waals surface area (Å²) in [5.74, 6) is -0.0268. The number of fused-ring (bicyclic) bond motifs is 1. The molecular weight excluding hydrogens is 439 g/mol. The first-order valence-corrected chi connectivity index (χ1v) is 9.61. The Morgan fingerprint density at radius 3 is 2.35 bits per heavy atom. The molecule has 0 amide bonds. The smallest absolute Gasteiger partial charge is 0.337 e. The molecule has 0 bridgehead atoms. The Kier molecular flexibility index (Phi) is 9.72. The lowest BCUT2D eigenvalue weighted by Gasteiger charge is -2.30. The van der Waals surface area contributed by atoms with E-state index in [2.05, 4.69) is 4.98 Å². The second kappa shape index (κ2) is 11.3. The van der Waals surface area contributed by atoms with Crippen molar-refractivity contribution in [1.29, 1.82) is 0 Å². The highest BCUT2D eigenvalue weighted by Gasteiger charge is 2.43. The Morgan fingerprint density at radius 2 is 1.71 bits per heavy atom. The molecule has 1 heterocycles. The van der Waals surface area contributed by atoms with Crippen molar-refractivity contribution in [1.82, 2.24) is 4.98 Å². The maximum Gasteiger partial charge on any atom is 0.337 e. The van der Waals surface area contributed by atoms with Crippen LogP contribution in [0.25, 0.3) is 10.8 Å². The third-order valence-corrected chi connectivity index (χ3v) is 4.90. The predicted octanol–water partition coefficient (Wildman–Crippen LogP) is 4.60. The molecule has 0 fully saturated rings. The van der Waals surface area contributed by atoms with Crippen LogP contribution in [0.4, 0.5) is 0 Å². The maximum atomic E-state index is 11.8. The van der Waals surface area contributed by atoms with Crippen LogP contribution in [-0.4, -0.2) is 32.8 Å². The van der Waals surface area contributed by atoms with E-state index in [4.69, 9.17) is 10.5 Å². The molecule has 1 aromatic heterocycles. The average Bonchev–Trinajstić information content (AvgIpc) is 2.67. The molecule has 0 saturated heterocycles. The number of nitrogens with zero attached hydrogens (tertiary/aromatic N) is 1. The minimum atomic E-state index is -2.10. The number of aliphatic hydroxyl groups is 1. The van der Waals surface area contributed by atoms with E-state index >= 15 is 0 Å². The van der Waals surface area contributed by atoms with E-state index in [-0.39, 0.29) is 37.2 Å². The number of carboxylic acid groups (broad SMARTS) is 1. The lowest BCUT2D eigenvalue weighted by Crippen LogP contribution is -2.56. The van der Waals surface area contributed by atoms with Gasteiger partial charge < -0.3 is 20.7 Å². The third kappa shape index (κ3) is 6.55. The standard InChI is InChI=1S/C23H26N2O4.2ClH/c1-15(2)11-21(24)23(28,22(26)27)14-18-13-20(9-10-25-18)29-19-8-7-16-5-3-4-6-17(16)12-19;;/h3-10,12-13,15,21,28H,11,14,24H2,1-2H3,(H,26,27);2*1H. The van der Waals surface area contributed by atoms with Crippen LogP contribution in [0.1, 0.15) is 26.0 Å². The predicted molar refractivity (Wildman–Crippen MR) is 126 cm³/mol. The minimum absolute atomic E-state index is 0. The number of hydrogen-bond acceptors (Lipinski definition) is 5. The van der Waals surface area contributed by atoms with Crippen LogP contribution in [0.5, 0.6) is 11.5 Å². The molecular formula is C23H28Cl2N2O4. The van der Waals surface area contributed by atoms with E-state index in [1.165, 1.54) is 6.20 Å². The maximum absolute atomic E-state index is 11.8. The highest BCUT2D eigenvalue weighted by molar-refractivity contribution is 5.86. The zero-order valence-corrected chi connectivity index (χ0v) is 19.0. The second-order valence-electron chi connectivity index (χ2n) is 7.74. The van der Waals surface area contributed by atoms with Crippen molar-refractivity contribution in [2.24, 2.45) is 11.7 Å². The first-order chi connectivity index (χ1) is 13.8. The van der Waals surface area contributed by atoms with Gasteiger partial charge in [-0.3, -0.25) is 4.98 Å². The van der Waals surface area contributed by atoms with Crippen LogP contribution in [0.2, 0.25) is 0 Å². The van der Waals surface area contributed by atoms with Crippen molar-refractivity contribution < 1.29 is 19.7 Å². The fraction of sp³-hybridized carbons (Fsp3) is 0.304. The third-order valence-electron chi connectivity index (χ3n) is 4.90. The molecule has 0 saturated carbocycles. The molecule has 0 aliphatic rings. The Morgan fingerprint density at radius 1 is 1.06 bits per heavy atom. The summed E-state index contributed by atoms with van der Waals surface area (Å²) in [6.07, 6.45) is 1.71. The quantitative estimate of drug-likeness (QED) is 0.447. The first-order valence-electron chi connectivity index (χ1n) is 9.61. The molecule has 0 spiro atoms. The molecule has 0 aliphatic carbocycles. The SMILES string of the molecule is CC(C)CC(N)C(O)(Cc1cc(Oc2ccc3ccccc3c2)ccn1)C(=O)O.Cl.Cl. The van der Waals surface area contributed by atoms with Crippen molar-refractivity contribution in [2.75, 3.05) is 0 Å². The normalized spacial score (nSPS) is 13.6. The van der Waals surface area contributed by atoms with Crippen molar-refractivity contribution in [3.63, 3.8) is 0 Å². The molecule has 6 nitrogen and oxygen atoms in total.